The van der Waals surface area contributed by atoms with E-state index in [0.29, 0.717) is 19.3 Å². The van der Waals surface area contributed by atoms with Gasteiger partial charge >= 0.3 is 17.9 Å². The van der Waals surface area contributed by atoms with Crippen molar-refractivity contribution in [1.82, 2.24) is 0 Å². The largest absolute Gasteiger partial charge is 0.462 e. The van der Waals surface area contributed by atoms with Crippen molar-refractivity contribution in [3.8, 4) is 0 Å². The van der Waals surface area contributed by atoms with Crippen LogP contribution in [0.15, 0.2) is 0 Å². The number of hydrogen-bond donors (Lipinski definition) is 0. The second-order valence-corrected chi connectivity index (χ2v) is 22.4. The molecule has 0 aromatic heterocycles. The van der Waals surface area contributed by atoms with Gasteiger partial charge in [0, 0.05) is 19.3 Å². The molecule has 6 heteroatoms. The van der Waals surface area contributed by atoms with Crippen LogP contribution in [-0.4, -0.2) is 37.2 Å². The minimum Gasteiger partial charge on any atom is -0.462 e. The first-order valence-corrected chi connectivity index (χ1v) is 31.3. The third-order valence-electron chi connectivity index (χ3n) is 14.8. The first-order valence-electron chi connectivity index (χ1n) is 31.3. The van der Waals surface area contributed by atoms with Crippen molar-refractivity contribution in [3.05, 3.63) is 0 Å². The highest BCUT2D eigenvalue weighted by atomic mass is 16.6. The summed E-state index contributed by atoms with van der Waals surface area (Å²) in [6, 6.07) is 0. The first-order chi connectivity index (χ1) is 33.8. The summed E-state index contributed by atoms with van der Waals surface area (Å²) in [5, 5.41) is 0. The lowest BCUT2D eigenvalue weighted by Gasteiger charge is -2.18. The molecule has 0 aliphatic rings. The maximum Gasteiger partial charge on any atom is 0.306 e. The Kier molecular flexibility index (Phi) is 54.4. The van der Waals surface area contributed by atoms with E-state index in [-0.39, 0.29) is 31.1 Å². The zero-order valence-corrected chi connectivity index (χ0v) is 47.5. The Balaban J connectivity index is 4.25. The molecule has 0 aliphatic heterocycles. The van der Waals surface area contributed by atoms with Crippen LogP contribution >= 0.6 is 0 Å². The molecule has 410 valence electrons. The van der Waals surface area contributed by atoms with Gasteiger partial charge in [0.1, 0.15) is 13.2 Å². The number of esters is 3. The van der Waals surface area contributed by atoms with Crippen molar-refractivity contribution >= 4 is 17.9 Å². The molecule has 0 fully saturated rings. The molecule has 2 atom stereocenters. The fourth-order valence-corrected chi connectivity index (χ4v) is 9.73. The summed E-state index contributed by atoms with van der Waals surface area (Å²) in [6.07, 6.45) is 61.0. The van der Waals surface area contributed by atoms with E-state index >= 15 is 0 Å². The number of hydrogen-bond acceptors (Lipinski definition) is 6. The lowest BCUT2D eigenvalue weighted by molar-refractivity contribution is -0.167. The van der Waals surface area contributed by atoms with E-state index in [1.807, 2.05) is 0 Å². The smallest absolute Gasteiger partial charge is 0.306 e. The highest BCUT2D eigenvalue weighted by molar-refractivity contribution is 5.71. The van der Waals surface area contributed by atoms with Gasteiger partial charge < -0.3 is 14.2 Å². The fourth-order valence-electron chi connectivity index (χ4n) is 9.73. The SMILES string of the molecule is CCCCCCCCCCCCCCCCCCC(=O)OC[C@H](COC(=O)CCCCCCCCCCCCC(C)C)OC(=O)CCCCCCCCCCCCCCCCCCCCC(C)CC. The van der Waals surface area contributed by atoms with Crippen LogP contribution in [0.2, 0.25) is 0 Å². The highest BCUT2D eigenvalue weighted by Gasteiger charge is 2.19. The van der Waals surface area contributed by atoms with Gasteiger partial charge in [-0.3, -0.25) is 14.4 Å². The van der Waals surface area contributed by atoms with Gasteiger partial charge in [0.25, 0.3) is 0 Å². The molecule has 6 nitrogen and oxygen atoms in total. The topological polar surface area (TPSA) is 78.9 Å². The van der Waals surface area contributed by atoms with E-state index in [0.717, 1.165) is 69.6 Å². The van der Waals surface area contributed by atoms with Crippen LogP contribution in [0.3, 0.4) is 0 Å². The van der Waals surface area contributed by atoms with E-state index in [1.54, 1.807) is 0 Å². The Morgan fingerprint density at radius 3 is 0.826 bits per heavy atom. The zero-order chi connectivity index (χ0) is 50.4. The van der Waals surface area contributed by atoms with E-state index in [9.17, 15) is 14.4 Å². The maximum atomic E-state index is 12.9. The summed E-state index contributed by atoms with van der Waals surface area (Å²) in [5.41, 5.74) is 0. The molecule has 0 radical (unpaired) electrons. The second kappa shape index (κ2) is 55.7. The van der Waals surface area contributed by atoms with Crippen molar-refractivity contribution < 1.29 is 28.6 Å². The molecule has 0 N–H and O–H groups in total. The van der Waals surface area contributed by atoms with Crippen molar-refractivity contribution in [2.45, 2.75) is 362 Å². The molecular weight excluding hydrogens is 853 g/mol. The van der Waals surface area contributed by atoms with Gasteiger partial charge in [0.2, 0.25) is 0 Å². The highest BCUT2D eigenvalue weighted by Crippen LogP contribution is 2.19. The van der Waals surface area contributed by atoms with Gasteiger partial charge in [-0.1, -0.05) is 317 Å². The molecule has 0 aliphatic carbocycles. The summed E-state index contributed by atoms with van der Waals surface area (Å²) >= 11 is 0. The van der Waals surface area contributed by atoms with Crippen molar-refractivity contribution in [2.24, 2.45) is 11.8 Å². The molecule has 0 heterocycles. The summed E-state index contributed by atoms with van der Waals surface area (Å²) in [7, 11) is 0. The third-order valence-corrected chi connectivity index (χ3v) is 14.8. The van der Waals surface area contributed by atoms with E-state index in [4.69, 9.17) is 14.2 Å². The van der Waals surface area contributed by atoms with Crippen molar-refractivity contribution in [2.75, 3.05) is 13.2 Å². The molecule has 0 rings (SSSR count). The fraction of sp³-hybridized carbons (Fsp3) is 0.952. The Morgan fingerprint density at radius 2 is 0.551 bits per heavy atom. The van der Waals surface area contributed by atoms with Crippen LogP contribution in [0, 0.1) is 11.8 Å². The Labute approximate surface area is 431 Å². The average molecular weight is 976 g/mol. The van der Waals surface area contributed by atoms with Gasteiger partial charge in [-0.05, 0) is 31.1 Å². The Morgan fingerprint density at radius 1 is 0.304 bits per heavy atom. The Bertz CT molecular complexity index is 1060. The van der Waals surface area contributed by atoms with Gasteiger partial charge in [-0.2, -0.15) is 0 Å². The van der Waals surface area contributed by atoms with Crippen LogP contribution in [0.25, 0.3) is 0 Å². The molecule has 0 saturated heterocycles. The molecule has 0 bridgehead atoms. The minimum atomic E-state index is -0.763. The average Bonchev–Trinajstić information content (AvgIpc) is 3.34. The molecule has 1 unspecified atom stereocenters. The number of ether oxygens (including phenoxy) is 3. The van der Waals surface area contributed by atoms with Crippen LogP contribution < -0.4 is 0 Å². The number of rotatable bonds is 57. The quantitative estimate of drug-likeness (QED) is 0.0343. The molecular formula is C63H122O6. The van der Waals surface area contributed by atoms with Crippen LogP contribution in [0.1, 0.15) is 356 Å². The Hall–Kier alpha value is -1.59. The monoisotopic (exact) mass is 975 g/mol. The number of unbranched alkanes of at least 4 members (excludes halogenated alkanes) is 41. The van der Waals surface area contributed by atoms with Crippen LogP contribution in [-0.2, 0) is 28.6 Å². The van der Waals surface area contributed by atoms with E-state index in [1.165, 1.54) is 244 Å². The van der Waals surface area contributed by atoms with Crippen molar-refractivity contribution in [3.63, 3.8) is 0 Å². The van der Waals surface area contributed by atoms with Gasteiger partial charge in [0.05, 0.1) is 0 Å². The predicted molar refractivity (Wildman–Crippen MR) is 298 cm³/mol. The van der Waals surface area contributed by atoms with Crippen molar-refractivity contribution in [1.29, 1.82) is 0 Å². The van der Waals surface area contributed by atoms with Gasteiger partial charge in [-0.15, -0.1) is 0 Å². The molecule has 69 heavy (non-hydrogen) atoms. The number of carbonyl (C=O) groups excluding carboxylic acids is 3. The minimum absolute atomic E-state index is 0.0622. The van der Waals surface area contributed by atoms with E-state index < -0.39 is 6.10 Å². The van der Waals surface area contributed by atoms with Crippen LogP contribution in [0.5, 0.6) is 0 Å². The van der Waals surface area contributed by atoms with Gasteiger partial charge in [-0.25, -0.2) is 0 Å². The molecule has 0 amide bonds. The van der Waals surface area contributed by atoms with E-state index in [2.05, 4.69) is 34.6 Å². The summed E-state index contributed by atoms with van der Waals surface area (Å²) in [4.78, 5) is 38.2. The molecule has 0 spiro atoms. The summed E-state index contributed by atoms with van der Waals surface area (Å²) < 4.78 is 16.9. The normalized spacial score (nSPS) is 12.4. The van der Waals surface area contributed by atoms with Crippen LogP contribution in [0.4, 0.5) is 0 Å². The second-order valence-electron chi connectivity index (χ2n) is 22.4. The zero-order valence-electron chi connectivity index (χ0n) is 47.5. The molecule has 0 aromatic carbocycles. The first kappa shape index (κ1) is 67.4. The maximum absolute atomic E-state index is 12.9. The summed E-state index contributed by atoms with van der Waals surface area (Å²) in [5.74, 6) is 0.893. The number of carbonyl (C=O) groups is 3. The lowest BCUT2D eigenvalue weighted by Crippen LogP contribution is -2.30. The summed E-state index contributed by atoms with van der Waals surface area (Å²) in [6.45, 7) is 11.5. The molecule has 0 aromatic rings. The molecule has 0 saturated carbocycles. The third kappa shape index (κ3) is 55.6. The lowest BCUT2D eigenvalue weighted by atomic mass is 9.99. The van der Waals surface area contributed by atoms with Gasteiger partial charge in [0.15, 0.2) is 6.10 Å². The standard InChI is InChI=1S/C63H122O6/c1-6-8-9-10-11-12-13-14-15-21-24-27-33-38-43-48-53-61(64)67-56-60(57-68-62(65)54-49-44-39-34-30-29-31-36-41-46-51-58(3)4)69-63(66)55-50-45-40-35-28-25-22-19-17-16-18-20-23-26-32-37-42-47-52-59(5)7-2/h58-60H,6-57H2,1-5H3/t59?,60-/m1/s1. The predicted octanol–water partition coefficient (Wildman–Crippen LogP) is 20.8.